The Hall–Kier alpha value is -0.930. The molecule has 20 heavy (non-hydrogen) atoms. The van der Waals surface area contributed by atoms with E-state index in [0.717, 1.165) is 12.8 Å². The molecule has 2 aromatic heterocycles. The summed E-state index contributed by atoms with van der Waals surface area (Å²) in [7, 11) is 0. The number of ketones is 1. The van der Waals surface area contributed by atoms with Crippen molar-refractivity contribution in [3.05, 3.63) is 44.8 Å². The van der Waals surface area contributed by atoms with Gasteiger partial charge in [-0.05, 0) is 59.4 Å². The van der Waals surface area contributed by atoms with Crippen molar-refractivity contribution in [3.63, 3.8) is 0 Å². The summed E-state index contributed by atoms with van der Waals surface area (Å²) in [4.78, 5) is 15.1. The van der Waals surface area contributed by atoms with Crippen molar-refractivity contribution >= 4 is 28.5 Å². The minimum Gasteiger partial charge on any atom is -0.300 e. The Bertz CT molecular complexity index is 532. The smallest absolute Gasteiger partial charge is 0.133 e. The van der Waals surface area contributed by atoms with E-state index >= 15 is 0 Å². The predicted molar refractivity (Wildman–Crippen MR) is 84.6 cm³/mol. The average molecular weight is 302 g/mol. The van der Waals surface area contributed by atoms with Crippen LogP contribution in [0.5, 0.6) is 0 Å². The fraction of sp³-hybridized carbons (Fsp3) is 0.471. The quantitative estimate of drug-likeness (QED) is 0.728. The van der Waals surface area contributed by atoms with Crippen LogP contribution in [0.25, 0.3) is 0 Å². The lowest BCUT2D eigenvalue weighted by Crippen LogP contribution is -2.01. The first kappa shape index (κ1) is 12.8. The summed E-state index contributed by atoms with van der Waals surface area (Å²) in [6, 6.07) is 8.67. The zero-order chi connectivity index (χ0) is 13.5. The maximum Gasteiger partial charge on any atom is 0.133 e. The molecule has 2 aromatic rings. The lowest BCUT2D eigenvalue weighted by molar-refractivity contribution is -0.119. The Kier molecular flexibility index (Phi) is 3.27. The van der Waals surface area contributed by atoms with E-state index in [1.807, 2.05) is 22.7 Å². The van der Waals surface area contributed by atoms with E-state index in [1.165, 1.54) is 22.6 Å². The second-order valence-electron chi connectivity index (χ2n) is 6.18. The molecule has 0 N–H and O–H groups in total. The molecule has 0 aromatic carbocycles. The summed E-state index contributed by atoms with van der Waals surface area (Å²) in [5.74, 6) is 3.15. The van der Waals surface area contributed by atoms with E-state index in [1.54, 1.807) is 0 Å². The van der Waals surface area contributed by atoms with Gasteiger partial charge in [-0.15, -0.1) is 22.7 Å². The molecule has 104 valence electrons. The standard InChI is InChI=1S/C17H18OS2/c18-13(7-11-9-14(11)16-3-1-5-19-16)8-12-10-15(12)17-4-2-6-20-17/h1-6,11-12,14-15H,7-10H2/t11-,12-,14-,15-/m1/s1. The van der Waals surface area contributed by atoms with Crippen LogP contribution < -0.4 is 0 Å². The Balaban J connectivity index is 1.25. The van der Waals surface area contributed by atoms with Crippen molar-refractivity contribution in [1.29, 1.82) is 0 Å². The minimum atomic E-state index is 0.498. The molecule has 0 saturated heterocycles. The van der Waals surface area contributed by atoms with E-state index in [-0.39, 0.29) is 0 Å². The van der Waals surface area contributed by atoms with E-state index in [2.05, 4.69) is 35.0 Å². The van der Waals surface area contributed by atoms with Gasteiger partial charge in [0.05, 0.1) is 0 Å². The number of hydrogen-bond donors (Lipinski definition) is 0. The third-order valence-corrected chi connectivity index (χ3v) is 6.65. The van der Waals surface area contributed by atoms with Crippen LogP contribution in [0.4, 0.5) is 0 Å². The van der Waals surface area contributed by atoms with Crippen LogP contribution in [-0.2, 0) is 4.79 Å². The largest absolute Gasteiger partial charge is 0.300 e. The fourth-order valence-corrected chi connectivity index (χ4v) is 5.19. The van der Waals surface area contributed by atoms with Gasteiger partial charge in [-0.1, -0.05) is 12.1 Å². The number of Topliss-reactive ketones (excluding diaryl/α,β-unsaturated/α-hetero) is 1. The SMILES string of the molecule is O=C(C[C@@H]1C[C@H]1c1cccs1)C[C@@H]1C[C@H]1c1cccs1. The highest BCUT2D eigenvalue weighted by Crippen LogP contribution is 2.54. The molecular formula is C17H18OS2. The van der Waals surface area contributed by atoms with Gasteiger partial charge in [0.1, 0.15) is 5.78 Å². The number of carbonyl (C=O) groups is 1. The summed E-state index contributed by atoms with van der Waals surface area (Å²) in [6.07, 6.45) is 4.09. The molecule has 0 unspecified atom stereocenters. The van der Waals surface area contributed by atoms with Crippen molar-refractivity contribution in [2.75, 3.05) is 0 Å². The molecule has 4 atom stereocenters. The first-order chi connectivity index (χ1) is 9.81. The van der Waals surface area contributed by atoms with Gasteiger partial charge < -0.3 is 0 Å². The van der Waals surface area contributed by atoms with E-state index in [4.69, 9.17) is 0 Å². The van der Waals surface area contributed by atoms with Crippen molar-refractivity contribution < 1.29 is 4.79 Å². The number of hydrogen-bond acceptors (Lipinski definition) is 3. The lowest BCUT2D eigenvalue weighted by atomic mass is 10.1. The van der Waals surface area contributed by atoms with Crippen LogP contribution in [0.2, 0.25) is 0 Å². The molecule has 4 rings (SSSR count). The maximum atomic E-state index is 12.2. The summed E-state index contributed by atoms with van der Waals surface area (Å²) >= 11 is 3.68. The number of thiophene rings is 2. The topological polar surface area (TPSA) is 17.1 Å². The highest BCUT2D eigenvalue weighted by molar-refractivity contribution is 7.10. The molecular weight excluding hydrogens is 284 g/mol. The normalized spacial score (nSPS) is 31.2. The summed E-state index contributed by atoms with van der Waals surface area (Å²) in [6.45, 7) is 0. The summed E-state index contributed by atoms with van der Waals surface area (Å²) < 4.78 is 0. The first-order valence-electron chi connectivity index (χ1n) is 7.40. The fourth-order valence-electron chi connectivity index (χ4n) is 3.32. The van der Waals surface area contributed by atoms with Gasteiger partial charge in [-0.3, -0.25) is 4.79 Å². The molecule has 0 amide bonds. The molecule has 3 heteroatoms. The first-order valence-corrected chi connectivity index (χ1v) is 9.15. The molecule has 0 aliphatic heterocycles. The highest BCUT2D eigenvalue weighted by atomic mass is 32.1. The zero-order valence-corrected chi connectivity index (χ0v) is 13.0. The van der Waals surface area contributed by atoms with Gasteiger partial charge in [0.2, 0.25) is 0 Å². The monoisotopic (exact) mass is 302 g/mol. The Morgan fingerprint density at radius 2 is 1.45 bits per heavy atom. The van der Waals surface area contributed by atoms with E-state index in [9.17, 15) is 4.79 Å². The molecule has 2 saturated carbocycles. The predicted octanol–water partition coefficient (Wildman–Crippen LogP) is 5.07. The second kappa shape index (κ2) is 5.12. The van der Waals surface area contributed by atoms with E-state index < -0.39 is 0 Å². The zero-order valence-electron chi connectivity index (χ0n) is 11.3. The van der Waals surface area contributed by atoms with Crippen molar-refractivity contribution in [2.45, 2.75) is 37.5 Å². The van der Waals surface area contributed by atoms with Gasteiger partial charge in [0.25, 0.3) is 0 Å². The molecule has 2 aliphatic carbocycles. The second-order valence-corrected chi connectivity index (χ2v) is 8.14. The van der Waals surface area contributed by atoms with Crippen LogP contribution in [0, 0.1) is 11.8 Å². The molecule has 2 fully saturated rings. The molecule has 2 heterocycles. The molecule has 0 bridgehead atoms. The maximum absolute atomic E-state index is 12.2. The van der Waals surface area contributed by atoms with Crippen LogP contribution in [0.15, 0.2) is 35.0 Å². The van der Waals surface area contributed by atoms with Crippen LogP contribution in [0.1, 0.15) is 47.3 Å². The minimum absolute atomic E-state index is 0.498. The van der Waals surface area contributed by atoms with Gasteiger partial charge in [0.15, 0.2) is 0 Å². The molecule has 2 aliphatic rings. The molecule has 0 spiro atoms. The molecule has 0 radical (unpaired) electrons. The van der Waals surface area contributed by atoms with Crippen molar-refractivity contribution in [1.82, 2.24) is 0 Å². The average Bonchev–Trinajstić information content (AvgIpc) is 3.22. The number of rotatable bonds is 6. The Morgan fingerprint density at radius 3 is 1.85 bits per heavy atom. The van der Waals surface area contributed by atoms with Crippen LogP contribution in [0.3, 0.4) is 0 Å². The molecule has 1 nitrogen and oxygen atoms in total. The van der Waals surface area contributed by atoms with Crippen molar-refractivity contribution in [2.24, 2.45) is 11.8 Å². The van der Waals surface area contributed by atoms with Crippen molar-refractivity contribution in [3.8, 4) is 0 Å². The van der Waals surface area contributed by atoms with E-state index in [0.29, 0.717) is 29.5 Å². The summed E-state index contributed by atoms with van der Waals surface area (Å²) in [5, 5.41) is 4.28. The van der Waals surface area contributed by atoms with Crippen LogP contribution >= 0.6 is 22.7 Å². The Labute approximate surface area is 127 Å². The van der Waals surface area contributed by atoms with Crippen LogP contribution in [-0.4, -0.2) is 5.78 Å². The lowest BCUT2D eigenvalue weighted by Gasteiger charge is -2.00. The third-order valence-electron chi connectivity index (χ3n) is 4.64. The third kappa shape index (κ3) is 2.61. The van der Waals surface area contributed by atoms with Gasteiger partial charge in [0, 0.05) is 22.6 Å². The van der Waals surface area contributed by atoms with Gasteiger partial charge >= 0.3 is 0 Å². The Morgan fingerprint density at radius 1 is 0.950 bits per heavy atom. The number of carbonyl (C=O) groups excluding carboxylic acids is 1. The summed E-state index contributed by atoms with van der Waals surface area (Å²) in [5.41, 5.74) is 0. The highest BCUT2D eigenvalue weighted by Gasteiger charge is 2.43. The van der Waals surface area contributed by atoms with Gasteiger partial charge in [-0.25, -0.2) is 0 Å². The van der Waals surface area contributed by atoms with Gasteiger partial charge in [-0.2, -0.15) is 0 Å².